The summed E-state index contributed by atoms with van der Waals surface area (Å²) < 4.78 is 0. The van der Waals surface area contributed by atoms with Gasteiger partial charge in [-0.15, -0.1) is 24.8 Å². The first-order valence-corrected chi connectivity index (χ1v) is 5.37. The molecule has 0 radical (unpaired) electrons. The average molecular weight is 277 g/mol. The van der Waals surface area contributed by atoms with Gasteiger partial charge in [0.2, 0.25) is 0 Å². The first-order chi connectivity index (χ1) is 7.36. The molecule has 0 atom stereocenters. The molecule has 5 heteroatoms. The highest BCUT2D eigenvalue weighted by molar-refractivity contribution is 5.97. The highest BCUT2D eigenvalue weighted by Crippen LogP contribution is 2.02. The summed E-state index contributed by atoms with van der Waals surface area (Å²) in [5.41, 5.74) is 0.816. The van der Waals surface area contributed by atoms with E-state index in [1.165, 1.54) is 0 Å². The fraction of sp³-hybridized carbons (Fsp3) is 0.417. The number of carbonyl (C=O) groups excluding carboxylic acids is 1. The number of nitrogens with zero attached hydrogens (tertiary/aromatic N) is 1. The van der Waals surface area contributed by atoms with Gasteiger partial charge in [0, 0.05) is 31.7 Å². The van der Waals surface area contributed by atoms with Gasteiger partial charge in [-0.05, 0) is 0 Å². The van der Waals surface area contributed by atoms with Crippen molar-refractivity contribution in [3.05, 3.63) is 35.9 Å². The Hall–Kier alpha value is -0.610. The van der Waals surface area contributed by atoms with Gasteiger partial charge in [-0.3, -0.25) is 9.69 Å². The van der Waals surface area contributed by atoms with E-state index in [0.717, 1.165) is 31.7 Å². The summed E-state index contributed by atoms with van der Waals surface area (Å²) >= 11 is 0. The lowest BCUT2D eigenvalue weighted by Crippen LogP contribution is -2.45. The third kappa shape index (κ3) is 5.04. The van der Waals surface area contributed by atoms with Crippen LogP contribution in [0.4, 0.5) is 0 Å². The quantitative estimate of drug-likeness (QED) is 0.852. The first-order valence-electron chi connectivity index (χ1n) is 5.37. The van der Waals surface area contributed by atoms with Crippen LogP contribution in [0, 0.1) is 0 Å². The average Bonchev–Trinajstić information content (AvgIpc) is 2.31. The van der Waals surface area contributed by atoms with Crippen molar-refractivity contribution in [1.29, 1.82) is 0 Å². The normalized spacial score (nSPS) is 15.5. The van der Waals surface area contributed by atoms with E-state index in [-0.39, 0.29) is 30.6 Å². The maximum Gasteiger partial charge on any atom is 0.176 e. The Balaban J connectivity index is 0.00000128. The second kappa shape index (κ2) is 8.48. The summed E-state index contributed by atoms with van der Waals surface area (Å²) in [6.45, 7) is 4.47. The molecular weight excluding hydrogens is 259 g/mol. The fourth-order valence-electron chi connectivity index (χ4n) is 1.79. The third-order valence-electron chi connectivity index (χ3n) is 2.67. The molecule has 1 saturated heterocycles. The molecule has 0 saturated carbocycles. The van der Waals surface area contributed by atoms with Gasteiger partial charge >= 0.3 is 0 Å². The van der Waals surface area contributed by atoms with Gasteiger partial charge < -0.3 is 5.32 Å². The number of Topliss-reactive ketones (excluding diaryl/α,β-unsaturated/α-hetero) is 1. The van der Waals surface area contributed by atoms with Crippen molar-refractivity contribution >= 4 is 30.6 Å². The molecule has 0 spiro atoms. The van der Waals surface area contributed by atoms with Gasteiger partial charge in [0.1, 0.15) is 0 Å². The zero-order valence-electron chi connectivity index (χ0n) is 9.59. The van der Waals surface area contributed by atoms with E-state index in [4.69, 9.17) is 0 Å². The van der Waals surface area contributed by atoms with E-state index >= 15 is 0 Å². The molecule has 0 aromatic heterocycles. The molecule has 0 unspecified atom stereocenters. The molecule has 1 aliphatic heterocycles. The fourth-order valence-corrected chi connectivity index (χ4v) is 1.79. The van der Waals surface area contributed by atoms with Gasteiger partial charge in [-0.25, -0.2) is 0 Å². The zero-order valence-corrected chi connectivity index (χ0v) is 11.2. The summed E-state index contributed by atoms with van der Waals surface area (Å²) in [6, 6.07) is 9.51. The second-order valence-corrected chi connectivity index (χ2v) is 3.82. The lowest BCUT2D eigenvalue weighted by molar-refractivity contribution is 0.0921. The van der Waals surface area contributed by atoms with Gasteiger partial charge in [0.25, 0.3) is 0 Å². The van der Waals surface area contributed by atoms with Crippen LogP contribution in [0.1, 0.15) is 10.4 Å². The van der Waals surface area contributed by atoms with Crippen LogP contribution in [0.2, 0.25) is 0 Å². The number of carbonyl (C=O) groups is 1. The van der Waals surface area contributed by atoms with Crippen LogP contribution in [-0.2, 0) is 0 Å². The molecule has 1 aromatic rings. The number of halogens is 2. The van der Waals surface area contributed by atoms with E-state index < -0.39 is 0 Å². The smallest absolute Gasteiger partial charge is 0.176 e. The first kappa shape index (κ1) is 16.4. The minimum Gasteiger partial charge on any atom is -0.314 e. The minimum absolute atomic E-state index is 0. The largest absolute Gasteiger partial charge is 0.314 e. The molecule has 1 N–H and O–H groups in total. The lowest BCUT2D eigenvalue weighted by Gasteiger charge is -2.26. The molecule has 96 valence electrons. The van der Waals surface area contributed by atoms with Crippen LogP contribution < -0.4 is 5.32 Å². The SMILES string of the molecule is Cl.Cl.O=C(CN1CCNCC1)c1ccccc1. The monoisotopic (exact) mass is 276 g/mol. The van der Waals surface area contributed by atoms with Crippen LogP contribution in [0.3, 0.4) is 0 Å². The Morgan fingerprint density at radius 2 is 1.71 bits per heavy atom. The lowest BCUT2D eigenvalue weighted by atomic mass is 10.1. The molecule has 1 aliphatic rings. The highest BCUT2D eigenvalue weighted by atomic mass is 35.5. The molecule has 2 rings (SSSR count). The van der Waals surface area contributed by atoms with E-state index in [1.54, 1.807) is 0 Å². The predicted molar refractivity (Wildman–Crippen MR) is 74.6 cm³/mol. The molecule has 3 nitrogen and oxygen atoms in total. The number of piperazine rings is 1. The Morgan fingerprint density at radius 1 is 1.12 bits per heavy atom. The van der Waals surface area contributed by atoms with Gasteiger partial charge in [0.15, 0.2) is 5.78 Å². The van der Waals surface area contributed by atoms with Crippen LogP contribution in [-0.4, -0.2) is 43.4 Å². The van der Waals surface area contributed by atoms with Crippen LogP contribution in [0.25, 0.3) is 0 Å². The van der Waals surface area contributed by atoms with Crippen molar-refractivity contribution in [1.82, 2.24) is 10.2 Å². The number of rotatable bonds is 3. The molecule has 0 aliphatic carbocycles. The predicted octanol–water partition coefficient (Wildman–Crippen LogP) is 1.62. The summed E-state index contributed by atoms with van der Waals surface area (Å²) in [5, 5.41) is 3.27. The number of hydrogen-bond donors (Lipinski definition) is 1. The van der Waals surface area contributed by atoms with Crippen LogP contribution in [0.15, 0.2) is 30.3 Å². The standard InChI is InChI=1S/C12H16N2O.2ClH/c15-12(11-4-2-1-3-5-11)10-14-8-6-13-7-9-14;;/h1-5,13H,6-10H2;2*1H. The zero-order chi connectivity index (χ0) is 10.5. The Morgan fingerprint density at radius 3 is 2.29 bits per heavy atom. The van der Waals surface area contributed by atoms with Gasteiger partial charge in [0.05, 0.1) is 6.54 Å². The number of benzene rings is 1. The van der Waals surface area contributed by atoms with Crippen molar-refractivity contribution in [2.75, 3.05) is 32.7 Å². The molecule has 1 heterocycles. The molecule has 17 heavy (non-hydrogen) atoms. The minimum atomic E-state index is 0. The van der Waals surface area contributed by atoms with Gasteiger partial charge in [-0.1, -0.05) is 30.3 Å². The van der Waals surface area contributed by atoms with E-state index in [2.05, 4.69) is 10.2 Å². The molecule has 0 bridgehead atoms. The Bertz CT molecular complexity index is 327. The maximum atomic E-state index is 11.9. The Kier molecular flexibility index (Phi) is 8.17. The van der Waals surface area contributed by atoms with E-state index in [1.807, 2.05) is 30.3 Å². The van der Waals surface area contributed by atoms with Crippen molar-refractivity contribution < 1.29 is 4.79 Å². The summed E-state index contributed by atoms with van der Waals surface area (Å²) in [7, 11) is 0. The van der Waals surface area contributed by atoms with Crippen molar-refractivity contribution in [2.24, 2.45) is 0 Å². The number of ketones is 1. The number of hydrogen-bond acceptors (Lipinski definition) is 3. The molecular formula is C12H18Cl2N2O. The highest BCUT2D eigenvalue weighted by Gasteiger charge is 2.14. The molecule has 0 amide bonds. The topological polar surface area (TPSA) is 32.3 Å². The van der Waals surface area contributed by atoms with E-state index in [9.17, 15) is 4.79 Å². The Labute approximate surface area is 114 Å². The van der Waals surface area contributed by atoms with E-state index in [0.29, 0.717) is 6.54 Å². The summed E-state index contributed by atoms with van der Waals surface area (Å²) in [4.78, 5) is 14.1. The van der Waals surface area contributed by atoms with Crippen molar-refractivity contribution in [3.8, 4) is 0 Å². The molecule has 1 aromatic carbocycles. The maximum absolute atomic E-state index is 11.9. The molecule has 1 fully saturated rings. The van der Waals surface area contributed by atoms with Crippen LogP contribution >= 0.6 is 24.8 Å². The van der Waals surface area contributed by atoms with Crippen molar-refractivity contribution in [2.45, 2.75) is 0 Å². The van der Waals surface area contributed by atoms with Crippen LogP contribution in [0.5, 0.6) is 0 Å². The summed E-state index contributed by atoms with van der Waals surface area (Å²) in [5.74, 6) is 0.220. The second-order valence-electron chi connectivity index (χ2n) is 3.82. The van der Waals surface area contributed by atoms with Crippen molar-refractivity contribution in [3.63, 3.8) is 0 Å². The number of nitrogens with one attached hydrogen (secondary N) is 1. The third-order valence-corrected chi connectivity index (χ3v) is 2.67. The summed E-state index contributed by atoms with van der Waals surface area (Å²) in [6.07, 6.45) is 0. The van der Waals surface area contributed by atoms with Gasteiger partial charge in [-0.2, -0.15) is 0 Å².